The second-order valence-corrected chi connectivity index (χ2v) is 24.0. The largest absolute Gasteiger partial charge is 0.507 e. The van der Waals surface area contributed by atoms with Crippen molar-refractivity contribution in [3.8, 4) is 11.5 Å². The number of nitrogens with one attached hydrogen (secondary N) is 4. The number of phenolic OH excluding ortho intramolecular Hbond substituents is 2. The third-order valence-electron chi connectivity index (χ3n) is 17.5. The number of unbranched alkanes of at least 4 members (excludes halogenated alkanes) is 2. The molecule has 0 bridgehead atoms. The van der Waals surface area contributed by atoms with E-state index in [2.05, 4.69) is 26.2 Å². The number of phenols is 2. The number of alkyl carbamates (subject to hydrolysis) is 1. The molecule has 11 N–H and O–H groups in total. The molecule has 11 atom stereocenters. The normalized spacial score (nSPS) is 24.1. The van der Waals surface area contributed by atoms with Gasteiger partial charge in [0.15, 0.2) is 36.2 Å². The lowest BCUT2D eigenvalue weighted by Gasteiger charge is -2.43. The summed E-state index contributed by atoms with van der Waals surface area (Å²) in [5.41, 5.74) is 7.17. The minimum absolute atomic E-state index is 0.00975. The minimum atomic E-state index is -2.15. The van der Waals surface area contributed by atoms with Crippen LogP contribution in [0.3, 0.4) is 0 Å². The van der Waals surface area contributed by atoms with Crippen molar-refractivity contribution in [2.75, 3.05) is 43.6 Å². The van der Waals surface area contributed by atoms with Gasteiger partial charge < -0.3 is 76.5 Å². The summed E-state index contributed by atoms with van der Waals surface area (Å²) in [6, 6.07) is 5.04. The van der Waals surface area contributed by atoms with E-state index < -0.39 is 167 Å². The number of anilines is 2. The van der Waals surface area contributed by atoms with Gasteiger partial charge in [0.2, 0.25) is 17.7 Å². The van der Waals surface area contributed by atoms with E-state index in [4.69, 9.17) is 39.9 Å². The maximum absolute atomic E-state index is 14.8. The number of benzene rings is 3. The van der Waals surface area contributed by atoms with Crippen molar-refractivity contribution in [1.29, 1.82) is 0 Å². The van der Waals surface area contributed by atoms with Crippen molar-refractivity contribution in [2.24, 2.45) is 17.4 Å². The monoisotopic (exact) mass is 1280 g/mol. The van der Waals surface area contributed by atoms with Crippen LogP contribution in [-0.2, 0) is 75.0 Å². The van der Waals surface area contributed by atoms with Crippen LogP contribution in [0.4, 0.5) is 21.0 Å². The number of aromatic hydroxyl groups is 2. The van der Waals surface area contributed by atoms with Crippen molar-refractivity contribution in [3.63, 3.8) is 0 Å². The van der Waals surface area contributed by atoms with Gasteiger partial charge in [-0.25, -0.2) is 9.59 Å². The molecule has 92 heavy (non-hydrogen) atoms. The first-order valence-electron chi connectivity index (χ1n) is 30.5. The number of morpholine rings is 1. The van der Waals surface area contributed by atoms with Crippen LogP contribution in [0.25, 0.3) is 0 Å². The van der Waals surface area contributed by atoms with Gasteiger partial charge >= 0.3 is 12.1 Å². The van der Waals surface area contributed by atoms with Gasteiger partial charge in [-0.1, -0.05) is 44.5 Å². The van der Waals surface area contributed by atoms with Gasteiger partial charge in [0.05, 0.1) is 41.2 Å². The molecule has 4 heterocycles. The molecule has 3 fully saturated rings. The number of methoxy groups -OCH3 is 1. The lowest BCUT2D eigenvalue weighted by atomic mass is 9.72. The number of ketones is 3. The molecule has 3 saturated heterocycles. The van der Waals surface area contributed by atoms with Crippen LogP contribution < -0.4 is 37.6 Å². The van der Waals surface area contributed by atoms with E-state index in [0.717, 1.165) is 16.7 Å². The number of fused-ring (bicyclic) bond motifs is 6. The second kappa shape index (κ2) is 28.4. The van der Waals surface area contributed by atoms with Gasteiger partial charge in [-0.2, -0.15) is 0 Å². The Bertz CT molecular complexity index is 3450. The third-order valence-corrected chi connectivity index (χ3v) is 17.5. The number of carbonyl (C=O) groups excluding carboxylic acids is 11. The lowest BCUT2D eigenvalue weighted by Crippen LogP contribution is -2.57. The van der Waals surface area contributed by atoms with Crippen LogP contribution in [0.1, 0.15) is 141 Å². The Kier molecular flexibility index (Phi) is 20.9. The van der Waals surface area contributed by atoms with Crippen molar-refractivity contribution in [1.82, 2.24) is 25.8 Å². The molecule has 9 rings (SSSR count). The molecular formula is C63H77N9O20. The average Bonchev–Trinajstić information content (AvgIpc) is 0.857. The summed E-state index contributed by atoms with van der Waals surface area (Å²) in [5.74, 6) is -8.35. The summed E-state index contributed by atoms with van der Waals surface area (Å²) in [6.45, 7) is 8.39. The molecule has 29 nitrogen and oxygen atoms in total. The highest BCUT2D eigenvalue weighted by molar-refractivity contribution is 6.32. The first kappa shape index (κ1) is 67.7. The highest BCUT2D eigenvalue weighted by Crippen LogP contribution is 2.53. The van der Waals surface area contributed by atoms with E-state index >= 15 is 0 Å². The lowest BCUT2D eigenvalue weighted by molar-refractivity contribution is -0.256. The molecule has 2 aliphatic carbocycles. The van der Waals surface area contributed by atoms with E-state index in [1.54, 1.807) is 20.8 Å². The maximum atomic E-state index is 14.8. The van der Waals surface area contributed by atoms with Crippen LogP contribution in [-0.4, -0.2) is 184 Å². The van der Waals surface area contributed by atoms with Crippen LogP contribution in [0.2, 0.25) is 0 Å². The van der Waals surface area contributed by atoms with E-state index in [1.807, 2.05) is 0 Å². The third kappa shape index (κ3) is 14.2. The first-order chi connectivity index (χ1) is 43.7. The Morgan fingerprint density at radius 1 is 0.870 bits per heavy atom. The zero-order valence-electron chi connectivity index (χ0n) is 51.7. The number of ether oxygens (including phenoxy) is 6. The first-order valence-corrected chi connectivity index (χ1v) is 30.5. The van der Waals surface area contributed by atoms with Gasteiger partial charge in [-0.15, -0.1) is 0 Å². The van der Waals surface area contributed by atoms with E-state index in [1.165, 1.54) is 68.7 Å². The number of nitrogens with two attached hydrogens (primary N) is 2. The van der Waals surface area contributed by atoms with Crippen LogP contribution in [0.15, 0.2) is 54.6 Å². The summed E-state index contributed by atoms with van der Waals surface area (Å²) in [5, 5.41) is 46.3. The Balaban J connectivity index is 0.860. The molecular weight excluding hydrogens is 1200 g/mol. The van der Waals surface area contributed by atoms with Crippen molar-refractivity contribution in [3.05, 3.63) is 93.6 Å². The van der Waals surface area contributed by atoms with Gasteiger partial charge in [0, 0.05) is 93.0 Å². The molecule has 4 aliphatic heterocycles. The number of rotatable bonds is 25. The Morgan fingerprint density at radius 2 is 1.58 bits per heavy atom. The van der Waals surface area contributed by atoms with E-state index in [-0.39, 0.29) is 85.1 Å². The molecule has 494 valence electrons. The highest BCUT2D eigenvalue weighted by atomic mass is 16.7. The van der Waals surface area contributed by atoms with Gasteiger partial charge in [-0.3, -0.25) is 57.9 Å². The smallest absolute Gasteiger partial charge is 0.408 e. The number of primary amides is 2. The second-order valence-electron chi connectivity index (χ2n) is 24.0. The molecule has 29 heteroatoms. The minimum Gasteiger partial charge on any atom is -0.507 e. The number of hydrogen-bond donors (Lipinski definition) is 9. The maximum Gasteiger partial charge on any atom is 0.408 e. The van der Waals surface area contributed by atoms with Crippen molar-refractivity contribution < 1.29 is 96.5 Å². The molecule has 0 aromatic heterocycles. The quantitative estimate of drug-likeness (QED) is 0.0261. The fourth-order valence-electron chi connectivity index (χ4n) is 12.6. The number of imide groups is 1. The molecule has 0 radical (unpaired) electrons. The fourth-order valence-corrected chi connectivity index (χ4v) is 12.6. The molecule has 6 aliphatic rings. The van der Waals surface area contributed by atoms with E-state index in [9.17, 15) is 68.1 Å². The number of hydrogen-bond acceptors (Lipinski definition) is 21. The SMILES string of the molecule is CO[C@H]1OCCN2[C@@H]1O[C@@H]1[C@H](C)O[C@@H](O[C@H]3C[C@](O)(C(C)=O)Cc4c(O)c5c(c(O)c43)C(=O)c3c(NC(=O)[C@H](C)NC(=O)OCc4ccc(N(C(=O)[C@@H](NC(=O)CCCCCN6C(=O)C=CC6=O)C(C)C)[C@@H](CCCNC(N)=O)C(N)=O)cc4)cccc3C5=O)C[C@@H]12. The molecule has 3 aromatic carbocycles. The summed E-state index contributed by atoms with van der Waals surface area (Å²) in [4.78, 5) is 150. The van der Waals surface area contributed by atoms with Crippen molar-refractivity contribution in [2.45, 2.75) is 166 Å². The Labute approximate surface area is 528 Å². The predicted octanol–water partition coefficient (Wildman–Crippen LogP) is 2.25. The Hall–Kier alpha value is -8.71. The fraction of sp³-hybridized carbons (Fsp3) is 0.508. The number of amides is 9. The summed E-state index contributed by atoms with van der Waals surface area (Å²) < 4.78 is 35.9. The zero-order valence-corrected chi connectivity index (χ0v) is 51.7. The molecule has 0 saturated carbocycles. The number of urea groups is 1. The number of carbonyl (C=O) groups is 11. The average molecular weight is 1280 g/mol. The number of aliphatic hydroxyl groups is 1. The van der Waals surface area contributed by atoms with Crippen LogP contribution in [0, 0.1) is 5.92 Å². The van der Waals surface area contributed by atoms with Gasteiger partial charge in [0.25, 0.3) is 17.7 Å². The number of Topliss-reactive ketones (excluding diaryl/α,β-unsaturated/α-hetero) is 1. The van der Waals surface area contributed by atoms with Crippen LogP contribution >= 0.6 is 0 Å². The summed E-state index contributed by atoms with van der Waals surface area (Å²) in [7, 11) is 1.51. The predicted molar refractivity (Wildman–Crippen MR) is 322 cm³/mol. The highest BCUT2D eigenvalue weighted by Gasteiger charge is 2.55. The van der Waals surface area contributed by atoms with Crippen LogP contribution in [0.5, 0.6) is 11.5 Å². The standard InChI is InChI=1S/C63H77N9O20/c1-30(2)50(69-42(74)15-8-7-9-23-71-43(75)20-21-44(71)76)58(83)72(39(56(64)81)14-11-22-66-61(65)84)35-18-16-34(17-19-35)29-89-62(85)67-31(3)57(82)68-38-13-10-12-36-46(38)53(79)49-48(51(36)77)52(78)37-27-63(86,33(5)73)28-41(47(37)54(49)80)91-45-26-40-55(32(4)90-45)92-59-60(87-6)88-25-24-70(40)59/h10,12-13,16-21,30-32,39-41,45,50,55,59-60,78,80,86H,7-9,11,14-15,22-29H2,1-6H3,(H2,64,81)(H,67,85)(H,68,82)(H,69,74)(H3,65,66,84)/t31-,32-,39-,40-,41-,45-,50-,55+,59+,60-,63-/m0/s1. The van der Waals surface area contributed by atoms with E-state index in [0.29, 0.717) is 38.0 Å². The zero-order chi connectivity index (χ0) is 66.6. The topological polar surface area (TPSA) is 414 Å². The molecule has 0 unspecified atom stereocenters. The summed E-state index contributed by atoms with van der Waals surface area (Å²) >= 11 is 0. The van der Waals surface area contributed by atoms with Gasteiger partial charge in [0.1, 0.15) is 47.9 Å². The molecule has 3 aromatic rings. The molecule has 0 spiro atoms. The van der Waals surface area contributed by atoms with Gasteiger partial charge in [-0.05, 0) is 76.1 Å². The Morgan fingerprint density at radius 3 is 2.24 bits per heavy atom. The molecule has 9 amide bonds. The number of nitrogens with zero attached hydrogens (tertiary/aromatic N) is 3. The summed E-state index contributed by atoms with van der Waals surface area (Å²) in [6.07, 6.45) is -2.57. The van der Waals surface area contributed by atoms with Crippen molar-refractivity contribution >= 4 is 76.3 Å².